The molecule has 3 aromatic carbocycles. The maximum atomic E-state index is 13.2. The lowest BCUT2D eigenvalue weighted by atomic mass is 10.1. The SMILES string of the molecule is COc1ccccc1C(=O)Nc1ccc(N2CCN(c3ccc(F)cc3)CC2)cc1C(=O)O. The van der Waals surface area contributed by atoms with Crippen molar-refractivity contribution in [2.75, 3.05) is 48.4 Å². The molecule has 0 aliphatic carbocycles. The van der Waals surface area contributed by atoms with Crippen LogP contribution in [0.25, 0.3) is 0 Å². The highest BCUT2D eigenvalue weighted by Crippen LogP contribution is 2.27. The summed E-state index contributed by atoms with van der Waals surface area (Å²) in [4.78, 5) is 28.9. The van der Waals surface area contributed by atoms with E-state index in [2.05, 4.69) is 15.1 Å². The first-order chi connectivity index (χ1) is 16.0. The van der Waals surface area contributed by atoms with Crippen molar-refractivity contribution in [3.8, 4) is 5.75 Å². The van der Waals surface area contributed by atoms with Crippen molar-refractivity contribution >= 4 is 28.9 Å². The molecule has 3 aromatic rings. The van der Waals surface area contributed by atoms with Crippen LogP contribution in [0.2, 0.25) is 0 Å². The summed E-state index contributed by atoms with van der Waals surface area (Å²) < 4.78 is 18.4. The Hall–Kier alpha value is -4.07. The van der Waals surface area contributed by atoms with Gasteiger partial charge in [-0.3, -0.25) is 4.79 Å². The lowest BCUT2D eigenvalue weighted by Gasteiger charge is -2.37. The molecule has 0 saturated carbocycles. The van der Waals surface area contributed by atoms with Crippen LogP contribution < -0.4 is 19.9 Å². The molecule has 0 unspecified atom stereocenters. The molecule has 1 saturated heterocycles. The first-order valence-corrected chi connectivity index (χ1v) is 10.5. The van der Waals surface area contributed by atoms with Gasteiger partial charge in [-0.2, -0.15) is 0 Å². The van der Waals surface area contributed by atoms with Crippen molar-refractivity contribution in [2.45, 2.75) is 0 Å². The van der Waals surface area contributed by atoms with Crippen molar-refractivity contribution in [2.24, 2.45) is 0 Å². The largest absolute Gasteiger partial charge is 0.496 e. The number of para-hydroxylation sites is 1. The number of anilines is 3. The molecule has 1 amide bonds. The molecule has 1 heterocycles. The predicted molar refractivity (Wildman–Crippen MR) is 125 cm³/mol. The molecule has 0 bridgehead atoms. The summed E-state index contributed by atoms with van der Waals surface area (Å²) in [6.45, 7) is 2.81. The Balaban J connectivity index is 1.49. The third-order valence-corrected chi connectivity index (χ3v) is 5.67. The van der Waals surface area contributed by atoms with Crippen LogP contribution in [0.15, 0.2) is 66.7 Å². The average Bonchev–Trinajstić information content (AvgIpc) is 2.84. The van der Waals surface area contributed by atoms with E-state index in [-0.39, 0.29) is 17.1 Å². The number of halogens is 1. The molecule has 1 aliphatic heterocycles. The van der Waals surface area contributed by atoms with Gasteiger partial charge >= 0.3 is 5.97 Å². The van der Waals surface area contributed by atoms with Gasteiger partial charge in [-0.15, -0.1) is 0 Å². The van der Waals surface area contributed by atoms with Gasteiger partial charge in [-0.25, -0.2) is 9.18 Å². The van der Waals surface area contributed by atoms with Crippen LogP contribution in [-0.2, 0) is 0 Å². The van der Waals surface area contributed by atoms with Gasteiger partial charge in [0.1, 0.15) is 11.6 Å². The van der Waals surface area contributed by atoms with Gasteiger partial charge in [0.15, 0.2) is 0 Å². The minimum Gasteiger partial charge on any atom is -0.496 e. The van der Waals surface area contributed by atoms with Crippen LogP contribution in [0.4, 0.5) is 21.5 Å². The number of carboxylic acids is 1. The first-order valence-electron chi connectivity index (χ1n) is 10.5. The number of nitrogens with one attached hydrogen (secondary N) is 1. The fraction of sp³-hybridized carbons (Fsp3) is 0.200. The Morgan fingerprint density at radius 2 is 1.48 bits per heavy atom. The smallest absolute Gasteiger partial charge is 0.337 e. The zero-order valence-corrected chi connectivity index (χ0v) is 18.1. The van der Waals surface area contributed by atoms with Crippen LogP contribution in [0.3, 0.4) is 0 Å². The van der Waals surface area contributed by atoms with Gasteiger partial charge in [0, 0.05) is 37.6 Å². The highest BCUT2D eigenvalue weighted by molar-refractivity contribution is 6.09. The Kier molecular flexibility index (Phi) is 6.44. The second-order valence-electron chi connectivity index (χ2n) is 7.64. The molecule has 7 nitrogen and oxygen atoms in total. The van der Waals surface area contributed by atoms with Gasteiger partial charge in [0.2, 0.25) is 0 Å². The number of ether oxygens (including phenoxy) is 1. The summed E-state index contributed by atoms with van der Waals surface area (Å²) in [5.41, 5.74) is 2.26. The van der Waals surface area contributed by atoms with E-state index in [4.69, 9.17) is 4.74 Å². The monoisotopic (exact) mass is 449 g/mol. The molecule has 170 valence electrons. The fourth-order valence-corrected chi connectivity index (χ4v) is 3.91. The number of hydrogen-bond acceptors (Lipinski definition) is 5. The van der Waals surface area contributed by atoms with Gasteiger partial charge in [0.05, 0.1) is 23.9 Å². The number of aromatic carboxylic acids is 1. The molecule has 1 fully saturated rings. The number of hydrogen-bond donors (Lipinski definition) is 2. The van der Waals surface area contributed by atoms with E-state index in [9.17, 15) is 19.1 Å². The Bertz CT molecular complexity index is 1160. The summed E-state index contributed by atoms with van der Waals surface area (Å²) in [5.74, 6) is -1.44. The number of methoxy groups -OCH3 is 1. The van der Waals surface area contributed by atoms with E-state index < -0.39 is 11.9 Å². The minimum absolute atomic E-state index is 0.0108. The Labute approximate surface area is 191 Å². The van der Waals surface area contributed by atoms with Crippen molar-refractivity contribution in [3.05, 3.63) is 83.7 Å². The van der Waals surface area contributed by atoms with E-state index >= 15 is 0 Å². The lowest BCUT2D eigenvalue weighted by Crippen LogP contribution is -2.46. The molecule has 0 spiro atoms. The maximum Gasteiger partial charge on any atom is 0.337 e. The highest BCUT2D eigenvalue weighted by atomic mass is 19.1. The summed E-state index contributed by atoms with van der Waals surface area (Å²) in [7, 11) is 1.47. The van der Waals surface area contributed by atoms with Gasteiger partial charge in [-0.05, 0) is 54.6 Å². The second kappa shape index (κ2) is 9.60. The van der Waals surface area contributed by atoms with Crippen LogP contribution in [0.5, 0.6) is 5.75 Å². The van der Waals surface area contributed by atoms with Gasteiger partial charge < -0.3 is 25.0 Å². The maximum absolute atomic E-state index is 13.2. The molecule has 0 radical (unpaired) electrons. The number of benzene rings is 3. The van der Waals surface area contributed by atoms with E-state index in [1.54, 1.807) is 54.6 Å². The number of carboxylic acid groups (broad SMARTS) is 1. The molecule has 33 heavy (non-hydrogen) atoms. The molecular formula is C25H24FN3O4. The highest BCUT2D eigenvalue weighted by Gasteiger charge is 2.21. The Morgan fingerprint density at radius 1 is 0.879 bits per heavy atom. The van der Waals surface area contributed by atoms with Crippen molar-refractivity contribution < 1.29 is 23.8 Å². The van der Waals surface area contributed by atoms with Crippen LogP contribution in [0, 0.1) is 5.82 Å². The standard InChI is InChI=1S/C25H24FN3O4/c1-33-23-5-3-2-4-20(23)24(30)27-22-11-10-19(16-21(22)25(31)32)29-14-12-28(13-15-29)18-8-6-17(26)7-9-18/h2-11,16H,12-15H2,1H3,(H,27,30)(H,31,32). The number of nitrogens with zero attached hydrogens (tertiary/aromatic N) is 2. The summed E-state index contributed by atoms with van der Waals surface area (Å²) >= 11 is 0. The van der Waals surface area contributed by atoms with Crippen LogP contribution in [0.1, 0.15) is 20.7 Å². The normalized spacial score (nSPS) is 13.5. The topological polar surface area (TPSA) is 82.1 Å². The molecule has 8 heteroatoms. The van der Waals surface area contributed by atoms with Crippen molar-refractivity contribution in [1.29, 1.82) is 0 Å². The number of amides is 1. The molecule has 2 N–H and O–H groups in total. The third kappa shape index (κ3) is 4.90. The van der Waals surface area contributed by atoms with E-state index in [0.29, 0.717) is 24.4 Å². The average molecular weight is 449 g/mol. The third-order valence-electron chi connectivity index (χ3n) is 5.67. The summed E-state index contributed by atoms with van der Waals surface area (Å²) in [6, 6.07) is 18.1. The predicted octanol–water partition coefficient (Wildman–Crippen LogP) is 4.11. The number of rotatable bonds is 6. The molecule has 1 aliphatic rings. The van der Waals surface area contributed by atoms with Crippen molar-refractivity contribution in [1.82, 2.24) is 0 Å². The second-order valence-corrected chi connectivity index (χ2v) is 7.64. The lowest BCUT2D eigenvalue weighted by molar-refractivity contribution is 0.0698. The van der Waals surface area contributed by atoms with Gasteiger partial charge in [0.25, 0.3) is 5.91 Å². The molecule has 0 aromatic heterocycles. The minimum atomic E-state index is -1.13. The van der Waals surface area contributed by atoms with E-state index in [1.807, 2.05) is 0 Å². The van der Waals surface area contributed by atoms with E-state index in [0.717, 1.165) is 24.5 Å². The summed E-state index contributed by atoms with van der Waals surface area (Å²) in [5, 5.41) is 12.4. The van der Waals surface area contributed by atoms with Gasteiger partial charge in [-0.1, -0.05) is 12.1 Å². The zero-order chi connectivity index (χ0) is 23.4. The van der Waals surface area contributed by atoms with Crippen molar-refractivity contribution in [3.63, 3.8) is 0 Å². The molecule has 4 rings (SSSR count). The Morgan fingerprint density at radius 3 is 2.12 bits per heavy atom. The zero-order valence-electron chi connectivity index (χ0n) is 18.1. The fourth-order valence-electron chi connectivity index (χ4n) is 3.91. The first kappa shape index (κ1) is 22.1. The summed E-state index contributed by atoms with van der Waals surface area (Å²) in [6.07, 6.45) is 0. The molecule has 0 atom stereocenters. The van der Waals surface area contributed by atoms with E-state index in [1.165, 1.54) is 19.2 Å². The number of piperazine rings is 1. The molecular weight excluding hydrogens is 425 g/mol. The van der Waals surface area contributed by atoms with Crippen LogP contribution >= 0.6 is 0 Å². The number of carbonyl (C=O) groups excluding carboxylic acids is 1. The van der Waals surface area contributed by atoms with Crippen LogP contribution in [-0.4, -0.2) is 50.3 Å². The quantitative estimate of drug-likeness (QED) is 0.590. The number of carbonyl (C=O) groups is 2.